The molecule has 1 saturated heterocycles. The highest BCUT2D eigenvalue weighted by molar-refractivity contribution is 5.81. The van der Waals surface area contributed by atoms with Gasteiger partial charge in [-0.2, -0.15) is 0 Å². The van der Waals surface area contributed by atoms with Crippen LogP contribution in [0.15, 0.2) is 0 Å². The molecule has 0 radical (unpaired) electrons. The predicted molar refractivity (Wildman–Crippen MR) is 69.5 cm³/mol. The van der Waals surface area contributed by atoms with E-state index in [0.717, 1.165) is 45.2 Å². The normalized spacial score (nSPS) is 20.2. The highest BCUT2D eigenvalue weighted by Gasteiger charge is 2.21. The number of amides is 1. The maximum Gasteiger partial charge on any atom is 0.237 e. The molecule has 1 aliphatic rings. The molecule has 0 aromatic carbocycles. The number of carbonyl (C=O) groups is 1. The fourth-order valence-corrected chi connectivity index (χ4v) is 2.10. The molecule has 0 bridgehead atoms. The van der Waals surface area contributed by atoms with Gasteiger partial charge in [0.25, 0.3) is 0 Å². The van der Waals surface area contributed by atoms with Gasteiger partial charge in [0.2, 0.25) is 5.91 Å². The zero-order valence-electron chi connectivity index (χ0n) is 10.8. The largest absolute Gasteiger partial charge is 0.352 e. The third-order valence-corrected chi connectivity index (χ3v) is 3.37. The number of nitrogens with one attached hydrogen (secondary N) is 1. The molecule has 0 spiro atoms. The van der Waals surface area contributed by atoms with Gasteiger partial charge in [0.1, 0.15) is 0 Å². The van der Waals surface area contributed by atoms with Gasteiger partial charge in [-0.15, -0.1) is 0 Å². The van der Waals surface area contributed by atoms with Crippen LogP contribution < -0.4 is 16.8 Å². The summed E-state index contributed by atoms with van der Waals surface area (Å²) in [6.45, 7) is 2.77. The van der Waals surface area contributed by atoms with Crippen LogP contribution in [0.2, 0.25) is 0 Å². The molecule has 5 N–H and O–H groups in total. The molecular formula is C12H26N4O. The number of nitrogens with zero attached hydrogens (tertiary/aromatic N) is 1. The lowest BCUT2D eigenvalue weighted by atomic mass is 10.0. The molecule has 0 aromatic rings. The topological polar surface area (TPSA) is 84.4 Å². The Morgan fingerprint density at radius 2 is 2.06 bits per heavy atom. The Bertz CT molecular complexity index is 227. The van der Waals surface area contributed by atoms with Crippen molar-refractivity contribution in [2.24, 2.45) is 11.5 Å². The fraction of sp³-hybridized carbons (Fsp3) is 0.917. The molecule has 0 aliphatic carbocycles. The first-order valence-corrected chi connectivity index (χ1v) is 6.58. The average molecular weight is 242 g/mol. The molecule has 1 rings (SSSR count). The number of piperidine rings is 1. The first-order valence-electron chi connectivity index (χ1n) is 6.58. The van der Waals surface area contributed by atoms with Crippen LogP contribution in [-0.2, 0) is 4.79 Å². The zero-order chi connectivity index (χ0) is 12.7. The summed E-state index contributed by atoms with van der Waals surface area (Å²) in [6.07, 6.45) is 4.65. The van der Waals surface area contributed by atoms with Crippen molar-refractivity contribution >= 4 is 5.91 Å². The first kappa shape index (κ1) is 14.4. The second-order valence-electron chi connectivity index (χ2n) is 4.98. The minimum absolute atomic E-state index is 0.00317. The molecule has 1 unspecified atom stereocenters. The van der Waals surface area contributed by atoms with E-state index in [0.29, 0.717) is 12.6 Å². The molecule has 0 aromatic heterocycles. The summed E-state index contributed by atoms with van der Waals surface area (Å²) >= 11 is 0. The van der Waals surface area contributed by atoms with Gasteiger partial charge in [-0.1, -0.05) is 6.42 Å². The van der Waals surface area contributed by atoms with Gasteiger partial charge in [-0.25, -0.2) is 0 Å². The number of nitrogens with two attached hydrogens (primary N) is 2. The Hall–Kier alpha value is -0.650. The van der Waals surface area contributed by atoms with E-state index in [4.69, 9.17) is 11.5 Å². The van der Waals surface area contributed by atoms with Crippen LogP contribution in [0.3, 0.4) is 0 Å². The van der Waals surface area contributed by atoms with E-state index in [-0.39, 0.29) is 11.9 Å². The van der Waals surface area contributed by atoms with Crippen molar-refractivity contribution in [1.82, 2.24) is 10.2 Å². The SMILES string of the molecule is CN1CCC(NC(=O)C(N)CCCCN)CC1. The van der Waals surface area contributed by atoms with E-state index in [1.54, 1.807) is 0 Å². The van der Waals surface area contributed by atoms with Crippen LogP contribution in [0.5, 0.6) is 0 Å². The average Bonchev–Trinajstić information content (AvgIpc) is 2.32. The standard InChI is InChI=1S/C12H26N4O/c1-16-8-5-10(6-9-16)15-12(17)11(14)4-2-3-7-13/h10-11H,2-9,13-14H2,1H3,(H,15,17). The summed E-state index contributed by atoms with van der Waals surface area (Å²) in [5.41, 5.74) is 11.2. The third kappa shape index (κ3) is 5.48. The number of hydrogen-bond donors (Lipinski definition) is 3. The third-order valence-electron chi connectivity index (χ3n) is 3.37. The highest BCUT2D eigenvalue weighted by Crippen LogP contribution is 2.08. The van der Waals surface area contributed by atoms with Crippen molar-refractivity contribution in [2.45, 2.75) is 44.2 Å². The summed E-state index contributed by atoms with van der Waals surface area (Å²) < 4.78 is 0. The lowest BCUT2D eigenvalue weighted by molar-refractivity contribution is -0.123. The van der Waals surface area contributed by atoms with Gasteiger partial charge in [0.05, 0.1) is 6.04 Å². The van der Waals surface area contributed by atoms with Crippen molar-refractivity contribution in [1.29, 1.82) is 0 Å². The van der Waals surface area contributed by atoms with Gasteiger partial charge in [0, 0.05) is 6.04 Å². The molecule has 1 amide bonds. The Kier molecular flexibility index (Phi) is 6.47. The maximum absolute atomic E-state index is 11.8. The number of hydrogen-bond acceptors (Lipinski definition) is 4. The number of carbonyl (C=O) groups excluding carboxylic acids is 1. The predicted octanol–water partition coefficient (Wildman–Crippen LogP) is -0.347. The van der Waals surface area contributed by atoms with E-state index < -0.39 is 0 Å². The second kappa shape index (κ2) is 7.63. The quantitative estimate of drug-likeness (QED) is 0.556. The number of likely N-dealkylation sites (tertiary alicyclic amines) is 1. The first-order chi connectivity index (χ1) is 8.13. The van der Waals surface area contributed by atoms with Gasteiger partial charge in [0.15, 0.2) is 0 Å². The molecule has 5 heteroatoms. The fourth-order valence-electron chi connectivity index (χ4n) is 2.10. The lowest BCUT2D eigenvalue weighted by Crippen LogP contribution is -2.49. The molecule has 1 heterocycles. The van der Waals surface area contributed by atoms with Gasteiger partial charge in [-0.3, -0.25) is 4.79 Å². The molecule has 1 fully saturated rings. The van der Waals surface area contributed by atoms with Gasteiger partial charge < -0.3 is 21.7 Å². The molecule has 1 aliphatic heterocycles. The van der Waals surface area contributed by atoms with E-state index in [1.165, 1.54) is 0 Å². The van der Waals surface area contributed by atoms with Crippen LogP contribution in [0.1, 0.15) is 32.1 Å². The molecule has 17 heavy (non-hydrogen) atoms. The molecular weight excluding hydrogens is 216 g/mol. The monoisotopic (exact) mass is 242 g/mol. The zero-order valence-corrected chi connectivity index (χ0v) is 10.8. The van der Waals surface area contributed by atoms with Crippen molar-refractivity contribution in [3.8, 4) is 0 Å². The minimum Gasteiger partial charge on any atom is -0.352 e. The summed E-state index contributed by atoms with van der Waals surface area (Å²) in [7, 11) is 2.11. The van der Waals surface area contributed by atoms with Crippen molar-refractivity contribution < 1.29 is 4.79 Å². The van der Waals surface area contributed by atoms with Gasteiger partial charge >= 0.3 is 0 Å². The molecule has 5 nitrogen and oxygen atoms in total. The summed E-state index contributed by atoms with van der Waals surface area (Å²) in [4.78, 5) is 14.1. The van der Waals surface area contributed by atoms with Crippen LogP contribution in [0.4, 0.5) is 0 Å². The van der Waals surface area contributed by atoms with E-state index in [1.807, 2.05) is 0 Å². The molecule has 100 valence electrons. The molecule has 0 saturated carbocycles. The van der Waals surface area contributed by atoms with Gasteiger partial charge in [-0.05, 0) is 52.4 Å². The molecule has 1 atom stereocenters. The lowest BCUT2D eigenvalue weighted by Gasteiger charge is -2.30. The van der Waals surface area contributed by atoms with E-state index in [2.05, 4.69) is 17.3 Å². The maximum atomic E-state index is 11.8. The van der Waals surface area contributed by atoms with Crippen molar-refractivity contribution in [3.05, 3.63) is 0 Å². The Morgan fingerprint density at radius 3 is 2.65 bits per heavy atom. The number of unbranched alkanes of at least 4 members (excludes halogenated alkanes) is 1. The van der Waals surface area contributed by atoms with Crippen molar-refractivity contribution in [2.75, 3.05) is 26.7 Å². The van der Waals surface area contributed by atoms with Crippen LogP contribution in [0, 0.1) is 0 Å². The van der Waals surface area contributed by atoms with E-state index >= 15 is 0 Å². The summed E-state index contributed by atoms with van der Waals surface area (Å²) in [6, 6.07) is -0.0690. The Balaban J connectivity index is 2.19. The smallest absolute Gasteiger partial charge is 0.237 e. The Labute approximate surface area is 104 Å². The van der Waals surface area contributed by atoms with Crippen molar-refractivity contribution in [3.63, 3.8) is 0 Å². The summed E-state index contributed by atoms with van der Waals surface area (Å²) in [5, 5.41) is 3.04. The second-order valence-corrected chi connectivity index (χ2v) is 4.98. The van der Waals surface area contributed by atoms with Crippen LogP contribution in [-0.4, -0.2) is 49.6 Å². The minimum atomic E-state index is -0.374. The van der Waals surface area contributed by atoms with Crippen LogP contribution >= 0.6 is 0 Å². The van der Waals surface area contributed by atoms with Crippen LogP contribution in [0.25, 0.3) is 0 Å². The summed E-state index contributed by atoms with van der Waals surface area (Å²) in [5.74, 6) is -0.00317. The Morgan fingerprint density at radius 1 is 1.41 bits per heavy atom. The number of rotatable bonds is 6. The van der Waals surface area contributed by atoms with E-state index in [9.17, 15) is 4.79 Å². The highest BCUT2D eigenvalue weighted by atomic mass is 16.2.